The molecule has 0 aliphatic rings. The largest absolute Gasteiger partial charge is 0.352 e. The molecule has 6 nitrogen and oxygen atoms in total. The van der Waals surface area contributed by atoms with Gasteiger partial charge in [0.25, 0.3) is 0 Å². The summed E-state index contributed by atoms with van der Waals surface area (Å²) >= 11 is 5.58. The summed E-state index contributed by atoms with van der Waals surface area (Å²) in [4.78, 5) is 17.2. The minimum Gasteiger partial charge on any atom is -0.352 e. The van der Waals surface area contributed by atoms with Gasteiger partial charge in [0.2, 0.25) is 11.1 Å². The zero-order valence-corrected chi connectivity index (χ0v) is 8.45. The van der Waals surface area contributed by atoms with Crippen molar-refractivity contribution in [3.63, 3.8) is 0 Å². The van der Waals surface area contributed by atoms with E-state index in [1.54, 1.807) is 0 Å². The Morgan fingerprint density at radius 1 is 1.64 bits per heavy atom. The highest BCUT2D eigenvalue weighted by molar-refractivity contribution is 6.31. The average molecular weight is 217 g/mol. The summed E-state index contributed by atoms with van der Waals surface area (Å²) in [6.45, 7) is 3.80. The van der Waals surface area contributed by atoms with Crippen LogP contribution in [0.2, 0.25) is 5.15 Å². The highest BCUT2D eigenvalue weighted by atomic mass is 35.5. The van der Waals surface area contributed by atoms with Crippen LogP contribution in [-0.4, -0.2) is 20.9 Å². The second-order valence-corrected chi connectivity index (χ2v) is 3.28. The zero-order valence-electron chi connectivity index (χ0n) is 7.69. The highest BCUT2D eigenvalue weighted by Crippen LogP contribution is 2.21. The van der Waals surface area contributed by atoms with E-state index >= 15 is 0 Å². The molecule has 7 heteroatoms. The molecule has 0 aromatic carbocycles. The summed E-state index contributed by atoms with van der Waals surface area (Å²) in [6, 6.07) is 0.146. The van der Waals surface area contributed by atoms with Crippen molar-refractivity contribution in [2.45, 2.75) is 19.9 Å². The Hall–Kier alpha value is -1.43. The Bertz CT molecular complexity index is 356. The minimum atomic E-state index is -0.624. The van der Waals surface area contributed by atoms with Crippen molar-refractivity contribution in [3.05, 3.63) is 21.5 Å². The number of aromatic nitrogens is 2. The van der Waals surface area contributed by atoms with Crippen LogP contribution in [0.3, 0.4) is 0 Å². The van der Waals surface area contributed by atoms with Gasteiger partial charge in [-0.05, 0) is 13.8 Å². The normalized spacial score (nSPS) is 10.3. The van der Waals surface area contributed by atoms with Gasteiger partial charge in [0.05, 0.1) is 4.92 Å². The maximum atomic E-state index is 10.4. The Balaban J connectivity index is 2.94. The van der Waals surface area contributed by atoms with Gasteiger partial charge in [-0.2, -0.15) is 4.98 Å². The predicted octanol–water partition coefficient (Wildman–Crippen LogP) is 1.86. The maximum Gasteiger partial charge on any atom is 0.324 e. The van der Waals surface area contributed by atoms with Crippen LogP contribution in [0, 0.1) is 10.1 Å². The van der Waals surface area contributed by atoms with Crippen LogP contribution in [0.1, 0.15) is 13.8 Å². The van der Waals surface area contributed by atoms with Gasteiger partial charge in [-0.25, -0.2) is 4.98 Å². The summed E-state index contributed by atoms with van der Waals surface area (Å²) < 4.78 is 0. The Morgan fingerprint density at radius 3 is 2.71 bits per heavy atom. The SMILES string of the molecule is CC(C)Nc1ncc([N+](=O)[O-])c(Cl)n1. The van der Waals surface area contributed by atoms with Crippen molar-refractivity contribution in [1.82, 2.24) is 9.97 Å². The summed E-state index contributed by atoms with van der Waals surface area (Å²) in [5.41, 5.74) is -0.291. The molecule has 0 bridgehead atoms. The molecule has 0 radical (unpaired) electrons. The van der Waals surface area contributed by atoms with Gasteiger partial charge in [-0.1, -0.05) is 11.6 Å². The summed E-state index contributed by atoms with van der Waals surface area (Å²) in [5.74, 6) is 0.288. The van der Waals surface area contributed by atoms with Crippen LogP contribution in [-0.2, 0) is 0 Å². The van der Waals surface area contributed by atoms with Crippen LogP contribution in [0.4, 0.5) is 11.6 Å². The summed E-state index contributed by atoms with van der Waals surface area (Å²) in [5, 5.41) is 13.1. The molecule has 1 aromatic heterocycles. The lowest BCUT2D eigenvalue weighted by atomic mass is 10.4. The second-order valence-electron chi connectivity index (χ2n) is 2.93. The number of nitrogens with zero attached hydrogens (tertiary/aromatic N) is 3. The third-order valence-corrected chi connectivity index (χ3v) is 1.62. The number of halogens is 1. The Labute approximate surface area is 85.5 Å². The smallest absolute Gasteiger partial charge is 0.324 e. The molecular formula is C7H9ClN4O2. The topological polar surface area (TPSA) is 81.0 Å². The van der Waals surface area contributed by atoms with Crippen molar-refractivity contribution in [2.75, 3.05) is 5.32 Å². The fraction of sp³-hybridized carbons (Fsp3) is 0.429. The van der Waals surface area contributed by atoms with Crippen molar-refractivity contribution in [2.24, 2.45) is 0 Å². The van der Waals surface area contributed by atoms with E-state index < -0.39 is 4.92 Å². The molecule has 1 heterocycles. The number of nitrogens with one attached hydrogen (secondary N) is 1. The van der Waals surface area contributed by atoms with Gasteiger partial charge in [0, 0.05) is 6.04 Å². The van der Waals surface area contributed by atoms with Crippen LogP contribution in [0.25, 0.3) is 0 Å². The fourth-order valence-electron chi connectivity index (χ4n) is 0.805. The van der Waals surface area contributed by atoms with Crippen LogP contribution < -0.4 is 5.32 Å². The van der Waals surface area contributed by atoms with E-state index in [0.717, 1.165) is 6.20 Å². The molecule has 0 saturated carbocycles. The standard InChI is InChI=1S/C7H9ClN4O2/c1-4(2)10-7-9-3-5(12(13)14)6(8)11-7/h3-4H,1-2H3,(H,9,10,11). The maximum absolute atomic E-state index is 10.4. The van der Waals surface area contributed by atoms with E-state index in [4.69, 9.17) is 11.6 Å². The van der Waals surface area contributed by atoms with E-state index in [0.29, 0.717) is 0 Å². The molecule has 0 spiro atoms. The van der Waals surface area contributed by atoms with Crippen molar-refractivity contribution in [3.8, 4) is 0 Å². The van der Waals surface area contributed by atoms with Crippen LogP contribution in [0.5, 0.6) is 0 Å². The van der Waals surface area contributed by atoms with E-state index in [1.165, 1.54) is 0 Å². The average Bonchev–Trinajstić information content (AvgIpc) is 2.01. The molecule has 1 aromatic rings. The molecule has 0 fully saturated rings. The first kappa shape index (κ1) is 10.6. The number of hydrogen-bond acceptors (Lipinski definition) is 5. The lowest BCUT2D eigenvalue weighted by Crippen LogP contribution is -2.12. The summed E-state index contributed by atoms with van der Waals surface area (Å²) in [7, 11) is 0. The number of rotatable bonds is 3. The molecule has 1 N–H and O–H groups in total. The highest BCUT2D eigenvalue weighted by Gasteiger charge is 2.14. The van der Waals surface area contributed by atoms with Gasteiger partial charge in [-0.3, -0.25) is 10.1 Å². The van der Waals surface area contributed by atoms with Gasteiger partial charge in [0.15, 0.2) is 0 Å². The fourth-order valence-corrected chi connectivity index (χ4v) is 1.00. The number of anilines is 1. The van der Waals surface area contributed by atoms with E-state index in [2.05, 4.69) is 15.3 Å². The van der Waals surface area contributed by atoms with Gasteiger partial charge in [-0.15, -0.1) is 0 Å². The Morgan fingerprint density at radius 2 is 2.29 bits per heavy atom. The Kier molecular flexibility index (Phi) is 3.19. The minimum absolute atomic E-state index is 0.146. The molecule has 1 rings (SSSR count). The zero-order chi connectivity index (χ0) is 10.7. The predicted molar refractivity (Wildman–Crippen MR) is 52.5 cm³/mol. The van der Waals surface area contributed by atoms with Crippen LogP contribution in [0.15, 0.2) is 6.20 Å². The second kappa shape index (κ2) is 4.19. The van der Waals surface area contributed by atoms with Crippen LogP contribution >= 0.6 is 11.6 Å². The van der Waals surface area contributed by atoms with E-state index in [-0.39, 0.29) is 22.8 Å². The number of nitro groups is 1. The molecule has 14 heavy (non-hydrogen) atoms. The lowest BCUT2D eigenvalue weighted by molar-refractivity contribution is -0.385. The number of hydrogen-bond donors (Lipinski definition) is 1. The molecule has 0 unspecified atom stereocenters. The molecule has 0 aliphatic heterocycles. The quantitative estimate of drug-likeness (QED) is 0.474. The first-order valence-electron chi connectivity index (χ1n) is 3.94. The molecule has 0 atom stereocenters. The molecular weight excluding hydrogens is 208 g/mol. The lowest BCUT2D eigenvalue weighted by Gasteiger charge is -2.06. The van der Waals surface area contributed by atoms with Gasteiger partial charge >= 0.3 is 5.69 Å². The molecule has 76 valence electrons. The third kappa shape index (κ3) is 2.53. The van der Waals surface area contributed by atoms with Crippen molar-refractivity contribution < 1.29 is 4.92 Å². The summed E-state index contributed by atoms with van der Waals surface area (Å²) in [6.07, 6.45) is 1.08. The molecule has 0 amide bonds. The molecule has 0 aliphatic carbocycles. The third-order valence-electron chi connectivity index (χ3n) is 1.34. The van der Waals surface area contributed by atoms with E-state index in [1.807, 2.05) is 13.8 Å². The van der Waals surface area contributed by atoms with Crippen molar-refractivity contribution >= 4 is 23.2 Å². The first-order valence-corrected chi connectivity index (χ1v) is 4.32. The van der Waals surface area contributed by atoms with E-state index in [9.17, 15) is 10.1 Å². The van der Waals surface area contributed by atoms with Gasteiger partial charge in [0.1, 0.15) is 6.20 Å². The monoisotopic (exact) mass is 216 g/mol. The molecule has 0 saturated heterocycles. The first-order chi connectivity index (χ1) is 6.50. The van der Waals surface area contributed by atoms with Crippen molar-refractivity contribution in [1.29, 1.82) is 0 Å². The van der Waals surface area contributed by atoms with Gasteiger partial charge < -0.3 is 5.32 Å².